The van der Waals surface area contributed by atoms with Gasteiger partial charge in [0.25, 0.3) is 0 Å². The van der Waals surface area contributed by atoms with Crippen LogP contribution >= 0.6 is 0 Å². The van der Waals surface area contributed by atoms with E-state index in [4.69, 9.17) is 0 Å². The van der Waals surface area contributed by atoms with Crippen molar-refractivity contribution in [2.24, 2.45) is 16.7 Å². The third-order valence-corrected chi connectivity index (χ3v) is 5.21. The molecule has 0 spiro atoms. The third kappa shape index (κ3) is 1.64. The molecule has 1 fully saturated rings. The number of rotatable bonds is 2. The zero-order chi connectivity index (χ0) is 13.9. The standard InChI is InChI=1S/C17H24O/c1-10-8-11(2)13(12(3)9-10)14(18)15-16(4,5)17(15,6)7/h8-9,15H,1-7H3. The van der Waals surface area contributed by atoms with Crippen LogP contribution < -0.4 is 0 Å². The van der Waals surface area contributed by atoms with Crippen LogP contribution in [-0.4, -0.2) is 5.78 Å². The molecule has 0 aromatic heterocycles. The minimum absolute atomic E-state index is 0.119. The van der Waals surface area contributed by atoms with E-state index in [1.165, 1.54) is 5.56 Å². The maximum atomic E-state index is 12.8. The lowest BCUT2D eigenvalue weighted by molar-refractivity contribution is 0.0944. The Morgan fingerprint density at radius 2 is 1.33 bits per heavy atom. The van der Waals surface area contributed by atoms with Crippen molar-refractivity contribution in [1.82, 2.24) is 0 Å². The number of aryl methyl sites for hydroxylation is 3. The normalized spacial score (nSPS) is 20.8. The summed E-state index contributed by atoms with van der Waals surface area (Å²) in [4.78, 5) is 12.8. The largest absolute Gasteiger partial charge is 0.294 e. The smallest absolute Gasteiger partial charge is 0.167 e. The molecule has 0 radical (unpaired) electrons. The van der Waals surface area contributed by atoms with Crippen molar-refractivity contribution in [1.29, 1.82) is 0 Å². The minimum Gasteiger partial charge on any atom is -0.294 e. The predicted molar refractivity (Wildman–Crippen MR) is 76.0 cm³/mol. The molecular weight excluding hydrogens is 220 g/mol. The molecule has 0 aliphatic heterocycles. The monoisotopic (exact) mass is 244 g/mol. The second kappa shape index (κ2) is 3.69. The van der Waals surface area contributed by atoms with Gasteiger partial charge in [-0.2, -0.15) is 0 Å². The number of hydrogen-bond donors (Lipinski definition) is 0. The summed E-state index contributed by atoms with van der Waals surface area (Å²) in [5.41, 5.74) is 4.66. The van der Waals surface area contributed by atoms with E-state index in [-0.39, 0.29) is 16.7 Å². The van der Waals surface area contributed by atoms with Crippen molar-refractivity contribution in [3.63, 3.8) is 0 Å². The predicted octanol–water partition coefficient (Wildman–Crippen LogP) is 4.48. The van der Waals surface area contributed by atoms with Crippen LogP contribution in [0.3, 0.4) is 0 Å². The molecule has 0 unspecified atom stereocenters. The molecule has 0 atom stereocenters. The van der Waals surface area contributed by atoms with Crippen LogP contribution in [0.15, 0.2) is 12.1 Å². The molecule has 1 aromatic carbocycles. The van der Waals surface area contributed by atoms with Crippen molar-refractivity contribution in [3.8, 4) is 0 Å². The van der Waals surface area contributed by atoms with Gasteiger partial charge in [-0.3, -0.25) is 4.79 Å². The minimum atomic E-state index is 0.119. The molecule has 1 nitrogen and oxygen atoms in total. The highest BCUT2D eigenvalue weighted by atomic mass is 16.1. The Balaban J connectivity index is 2.44. The van der Waals surface area contributed by atoms with Gasteiger partial charge < -0.3 is 0 Å². The van der Waals surface area contributed by atoms with Gasteiger partial charge in [0, 0.05) is 11.5 Å². The van der Waals surface area contributed by atoms with Crippen LogP contribution in [-0.2, 0) is 0 Å². The van der Waals surface area contributed by atoms with Gasteiger partial charge in [0.2, 0.25) is 0 Å². The Hall–Kier alpha value is -1.11. The lowest BCUT2D eigenvalue weighted by Gasteiger charge is -2.11. The van der Waals surface area contributed by atoms with Crippen molar-refractivity contribution in [2.75, 3.05) is 0 Å². The number of carbonyl (C=O) groups excluding carboxylic acids is 1. The highest BCUT2D eigenvalue weighted by molar-refractivity contribution is 6.03. The van der Waals surface area contributed by atoms with Gasteiger partial charge in [-0.1, -0.05) is 45.4 Å². The molecule has 0 N–H and O–H groups in total. The molecule has 1 saturated carbocycles. The van der Waals surface area contributed by atoms with Crippen LogP contribution in [0.5, 0.6) is 0 Å². The molecule has 2 rings (SSSR count). The van der Waals surface area contributed by atoms with Crippen LogP contribution in [0.4, 0.5) is 0 Å². The van der Waals surface area contributed by atoms with Gasteiger partial charge in [0.05, 0.1) is 0 Å². The SMILES string of the molecule is Cc1cc(C)c(C(=O)C2C(C)(C)C2(C)C)c(C)c1. The first-order chi connectivity index (χ1) is 8.10. The van der Waals surface area contributed by atoms with Gasteiger partial charge in [-0.25, -0.2) is 0 Å². The molecule has 0 heterocycles. The maximum Gasteiger partial charge on any atom is 0.167 e. The average Bonchev–Trinajstić information content (AvgIpc) is 2.54. The topological polar surface area (TPSA) is 17.1 Å². The van der Waals surface area contributed by atoms with E-state index >= 15 is 0 Å². The average molecular weight is 244 g/mol. The maximum absolute atomic E-state index is 12.8. The zero-order valence-corrected chi connectivity index (χ0v) is 12.6. The number of hydrogen-bond acceptors (Lipinski definition) is 1. The highest BCUT2D eigenvalue weighted by Crippen LogP contribution is 2.69. The quantitative estimate of drug-likeness (QED) is 0.701. The van der Waals surface area contributed by atoms with Crippen molar-refractivity contribution >= 4 is 5.78 Å². The number of carbonyl (C=O) groups is 1. The third-order valence-electron chi connectivity index (χ3n) is 5.21. The van der Waals surface area contributed by atoms with Crippen molar-refractivity contribution in [2.45, 2.75) is 48.5 Å². The number of benzene rings is 1. The Kier molecular flexibility index (Phi) is 2.73. The van der Waals surface area contributed by atoms with Gasteiger partial charge >= 0.3 is 0 Å². The van der Waals surface area contributed by atoms with E-state index in [0.29, 0.717) is 5.78 Å². The first-order valence-corrected chi connectivity index (χ1v) is 6.72. The molecule has 0 saturated heterocycles. The van der Waals surface area contributed by atoms with Gasteiger partial charge in [0.15, 0.2) is 5.78 Å². The number of Topliss-reactive ketones (excluding diaryl/α,β-unsaturated/α-hetero) is 1. The fraction of sp³-hybridized carbons (Fsp3) is 0.588. The molecule has 1 aliphatic carbocycles. The molecule has 18 heavy (non-hydrogen) atoms. The first-order valence-electron chi connectivity index (χ1n) is 6.72. The van der Waals surface area contributed by atoms with E-state index in [1.54, 1.807) is 0 Å². The Labute approximate surface area is 111 Å². The number of ketones is 1. The van der Waals surface area contributed by atoms with Crippen LogP contribution in [0.1, 0.15) is 54.7 Å². The van der Waals surface area contributed by atoms with E-state index < -0.39 is 0 Å². The molecular formula is C17H24O. The lowest BCUT2D eigenvalue weighted by atomic mass is 9.92. The molecule has 0 bridgehead atoms. The fourth-order valence-corrected chi connectivity index (χ4v) is 3.56. The molecule has 0 amide bonds. The van der Waals surface area contributed by atoms with E-state index in [2.05, 4.69) is 60.6 Å². The van der Waals surface area contributed by atoms with Crippen LogP contribution in [0.2, 0.25) is 0 Å². The summed E-state index contributed by atoms with van der Waals surface area (Å²) in [6.07, 6.45) is 0. The molecule has 1 aromatic rings. The zero-order valence-electron chi connectivity index (χ0n) is 12.6. The van der Waals surface area contributed by atoms with Crippen molar-refractivity contribution in [3.05, 3.63) is 34.4 Å². The van der Waals surface area contributed by atoms with Gasteiger partial charge in [-0.15, -0.1) is 0 Å². The van der Waals surface area contributed by atoms with Gasteiger partial charge in [0.1, 0.15) is 0 Å². The summed E-state index contributed by atoms with van der Waals surface area (Å²) in [5, 5.41) is 0. The van der Waals surface area contributed by atoms with Crippen LogP contribution in [0, 0.1) is 37.5 Å². The highest BCUT2D eigenvalue weighted by Gasteiger charge is 2.68. The summed E-state index contributed by atoms with van der Waals surface area (Å²) in [6.45, 7) is 15.0. The van der Waals surface area contributed by atoms with Crippen molar-refractivity contribution < 1.29 is 4.79 Å². The Morgan fingerprint density at radius 1 is 0.944 bits per heavy atom. The van der Waals surface area contributed by atoms with Crippen LogP contribution in [0.25, 0.3) is 0 Å². The summed E-state index contributed by atoms with van der Waals surface area (Å²) >= 11 is 0. The molecule has 1 heteroatoms. The fourth-order valence-electron chi connectivity index (χ4n) is 3.56. The molecule has 1 aliphatic rings. The van der Waals surface area contributed by atoms with Gasteiger partial charge in [-0.05, 0) is 42.7 Å². The first kappa shape index (κ1) is 13.3. The van der Waals surface area contributed by atoms with E-state index in [0.717, 1.165) is 16.7 Å². The second-order valence-corrected chi connectivity index (χ2v) is 7.01. The summed E-state index contributed by atoms with van der Waals surface area (Å²) in [7, 11) is 0. The van der Waals surface area contributed by atoms with E-state index in [1.807, 2.05) is 0 Å². The molecule has 98 valence electrons. The Morgan fingerprint density at radius 3 is 1.67 bits per heavy atom. The lowest BCUT2D eigenvalue weighted by Crippen LogP contribution is -2.11. The Bertz CT molecular complexity index is 483. The summed E-state index contributed by atoms with van der Waals surface area (Å²) in [5.74, 6) is 0.491. The summed E-state index contributed by atoms with van der Waals surface area (Å²) < 4.78 is 0. The van der Waals surface area contributed by atoms with E-state index in [9.17, 15) is 4.79 Å². The summed E-state index contributed by atoms with van der Waals surface area (Å²) in [6, 6.07) is 4.23. The second-order valence-electron chi connectivity index (χ2n) is 7.01.